The maximum absolute atomic E-state index is 11.1. The van der Waals surface area contributed by atoms with Crippen molar-refractivity contribution in [1.82, 2.24) is 0 Å². The lowest BCUT2D eigenvalue weighted by atomic mass is 10.1. The topological polar surface area (TPSA) is 26.3 Å². The van der Waals surface area contributed by atoms with Crippen LogP contribution in [0.4, 0.5) is 0 Å². The van der Waals surface area contributed by atoms with E-state index >= 15 is 0 Å². The van der Waals surface area contributed by atoms with Crippen LogP contribution in [-0.2, 0) is 9.53 Å². The number of benzene rings is 1. The van der Waals surface area contributed by atoms with Gasteiger partial charge in [-0.2, -0.15) is 0 Å². The fourth-order valence-corrected chi connectivity index (χ4v) is 1.74. The van der Waals surface area contributed by atoms with E-state index < -0.39 is 0 Å². The molecule has 15 heavy (non-hydrogen) atoms. The molecule has 2 nitrogen and oxygen atoms in total. The second-order valence-electron chi connectivity index (χ2n) is 3.11. The molecule has 0 saturated carbocycles. The molecule has 3 heteroatoms. The van der Waals surface area contributed by atoms with Crippen LogP contribution in [0.1, 0.15) is 18.1 Å². The molecule has 0 aliphatic carbocycles. The molecule has 0 N–H and O–H groups in total. The minimum atomic E-state index is -0.315. The van der Waals surface area contributed by atoms with Gasteiger partial charge in [-0.25, -0.2) is 4.79 Å². The normalized spacial score (nSPS) is 10.6. The Labute approximate surface area is 98.1 Å². The summed E-state index contributed by atoms with van der Waals surface area (Å²) in [4.78, 5) is 11.1. The molecule has 80 valence electrons. The summed E-state index contributed by atoms with van der Waals surface area (Å²) in [6.45, 7) is 4.20. The molecular weight excluding hydrogens is 256 g/mol. The number of aryl methyl sites for hydroxylation is 1. The van der Waals surface area contributed by atoms with E-state index in [9.17, 15) is 4.79 Å². The highest BCUT2D eigenvalue weighted by atomic mass is 79.9. The van der Waals surface area contributed by atoms with Gasteiger partial charge in [0.05, 0.1) is 6.61 Å². The average molecular weight is 269 g/mol. The second kappa shape index (κ2) is 5.71. The van der Waals surface area contributed by atoms with Crippen molar-refractivity contribution in [2.24, 2.45) is 0 Å². The SMILES string of the molecule is CCOC(=O)C=Cc1ccc(C)cc1Br. The standard InChI is InChI=1S/C12H13BrO2/c1-3-15-12(14)7-6-10-5-4-9(2)8-11(10)13/h4-8H,3H2,1-2H3. The van der Waals surface area contributed by atoms with Gasteiger partial charge < -0.3 is 4.74 Å². The van der Waals surface area contributed by atoms with Crippen LogP contribution in [0, 0.1) is 6.92 Å². The molecule has 0 radical (unpaired) electrons. The minimum Gasteiger partial charge on any atom is -0.463 e. The van der Waals surface area contributed by atoms with E-state index in [1.54, 1.807) is 13.0 Å². The number of hydrogen-bond donors (Lipinski definition) is 0. The monoisotopic (exact) mass is 268 g/mol. The number of carbonyl (C=O) groups excluding carboxylic acids is 1. The molecule has 0 amide bonds. The van der Waals surface area contributed by atoms with E-state index in [2.05, 4.69) is 15.9 Å². The molecule has 0 fully saturated rings. The summed E-state index contributed by atoms with van der Waals surface area (Å²) in [7, 11) is 0. The predicted molar refractivity (Wildman–Crippen MR) is 64.5 cm³/mol. The molecule has 1 aromatic rings. The van der Waals surface area contributed by atoms with Crippen LogP contribution < -0.4 is 0 Å². The molecular formula is C12H13BrO2. The lowest BCUT2D eigenvalue weighted by Gasteiger charge is -2.00. The predicted octanol–water partition coefficient (Wildman–Crippen LogP) is 3.33. The molecule has 0 spiro atoms. The molecule has 0 heterocycles. The molecule has 0 aliphatic rings. The Morgan fingerprint density at radius 2 is 2.27 bits per heavy atom. The van der Waals surface area contributed by atoms with Crippen LogP contribution in [0.25, 0.3) is 6.08 Å². The quantitative estimate of drug-likeness (QED) is 0.621. The molecule has 1 rings (SSSR count). The van der Waals surface area contributed by atoms with Gasteiger partial charge in [-0.3, -0.25) is 0 Å². The summed E-state index contributed by atoms with van der Waals surface area (Å²) in [5.74, 6) is -0.315. The molecule has 0 atom stereocenters. The number of carbonyl (C=O) groups is 1. The Kier molecular flexibility index (Phi) is 4.56. The largest absolute Gasteiger partial charge is 0.463 e. The van der Waals surface area contributed by atoms with Crippen molar-refractivity contribution in [3.8, 4) is 0 Å². The summed E-state index contributed by atoms with van der Waals surface area (Å²) in [5.41, 5.74) is 2.14. The Bertz CT molecular complexity index is 383. The maximum atomic E-state index is 11.1. The van der Waals surface area contributed by atoms with Gasteiger partial charge in [0.1, 0.15) is 0 Å². The van der Waals surface area contributed by atoms with E-state index in [0.29, 0.717) is 6.61 Å². The Hall–Kier alpha value is -1.09. The van der Waals surface area contributed by atoms with Crippen molar-refractivity contribution < 1.29 is 9.53 Å². The van der Waals surface area contributed by atoms with E-state index in [1.807, 2.05) is 25.1 Å². The fourth-order valence-electron chi connectivity index (χ4n) is 1.12. The van der Waals surface area contributed by atoms with Gasteiger partial charge >= 0.3 is 5.97 Å². The van der Waals surface area contributed by atoms with E-state index in [1.165, 1.54) is 11.6 Å². The fraction of sp³-hybridized carbons (Fsp3) is 0.250. The zero-order valence-corrected chi connectivity index (χ0v) is 10.4. The van der Waals surface area contributed by atoms with Gasteiger partial charge in [0, 0.05) is 10.5 Å². The zero-order chi connectivity index (χ0) is 11.3. The van der Waals surface area contributed by atoms with Crippen LogP contribution >= 0.6 is 15.9 Å². The minimum absolute atomic E-state index is 0.315. The molecule has 0 aromatic heterocycles. The van der Waals surface area contributed by atoms with Gasteiger partial charge in [-0.05, 0) is 37.1 Å². The number of halogens is 1. The van der Waals surface area contributed by atoms with Crippen LogP contribution in [0.5, 0.6) is 0 Å². The maximum Gasteiger partial charge on any atom is 0.330 e. The Morgan fingerprint density at radius 1 is 1.53 bits per heavy atom. The first-order valence-electron chi connectivity index (χ1n) is 4.74. The third kappa shape index (κ3) is 3.88. The van der Waals surface area contributed by atoms with Crippen LogP contribution in [0.2, 0.25) is 0 Å². The van der Waals surface area contributed by atoms with Crippen molar-refractivity contribution >= 4 is 28.0 Å². The van der Waals surface area contributed by atoms with Crippen molar-refractivity contribution in [2.45, 2.75) is 13.8 Å². The number of rotatable bonds is 3. The van der Waals surface area contributed by atoms with Gasteiger partial charge in [-0.1, -0.05) is 28.1 Å². The highest BCUT2D eigenvalue weighted by Gasteiger charge is 1.98. The lowest BCUT2D eigenvalue weighted by Crippen LogP contribution is -1.98. The third-order valence-electron chi connectivity index (χ3n) is 1.84. The molecule has 0 unspecified atom stereocenters. The lowest BCUT2D eigenvalue weighted by molar-refractivity contribution is -0.137. The van der Waals surface area contributed by atoms with Crippen molar-refractivity contribution in [3.63, 3.8) is 0 Å². The van der Waals surface area contributed by atoms with E-state index in [4.69, 9.17) is 4.74 Å². The zero-order valence-electron chi connectivity index (χ0n) is 8.79. The summed E-state index contributed by atoms with van der Waals surface area (Å²) >= 11 is 3.43. The van der Waals surface area contributed by atoms with E-state index in [0.717, 1.165) is 10.0 Å². The van der Waals surface area contributed by atoms with Gasteiger partial charge in [0.15, 0.2) is 0 Å². The van der Waals surface area contributed by atoms with Crippen molar-refractivity contribution in [2.75, 3.05) is 6.61 Å². The molecule has 0 aliphatic heterocycles. The molecule has 0 saturated heterocycles. The van der Waals surface area contributed by atoms with Crippen LogP contribution in [0.15, 0.2) is 28.7 Å². The molecule has 1 aromatic carbocycles. The smallest absolute Gasteiger partial charge is 0.330 e. The highest BCUT2D eigenvalue weighted by molar-refractivity contribution is 9.10. The summed E-state index contributed by atoms with van der Waals surface area (Å²) in [6, 6.07) is 5.95. The van der Waals surface area contributed by atoms with Crippen molar-refractivity contribution in [3.05, 3.63) is 39.9 Å². The first-order valence-corrected chi connectivity index (χ1v) is 5.53. The Morgan fingerprint density at radius 3 is 2.87 bits per heavy atom. The summed E-state index contributed by atoms with van der Waals surface area (Å²) < 4.78 is 5.76. The van der Waals surface area contributed by atoms with Crippen molar-refractivity contribution in [1.29, 1.82) is 0 Å². The summed E-state index contributed by atoms with van der Waals surface area (Å²) in [6.07, 6.45) is 3.17. The summed E-state index contributed by atoms with van der Waals surface area (Å²) in [5, 5.41) is 0. The van der Waals surface area contributed by atoms with Crippen LogP contribution in [-0.4, -0.2) is 12.6 Å². The number of hydrogen-bond acceptors (Lipinski definition) is 2. The van der Waals surface area contributed by atoms with E-state index in [-0.39, 0.29) is 5.97 Å². The Balaban J connectivity index is 2.76. The van der Waals surface area contributed by atoms with Gasteiger partial charge in [0.2, 0.25) is 0 Å². The number of ether oxygens (including phenoxy) is 1. The first-order chi connectivity index (χ1) is 7.13. The van der Waals surface area contributed by atoms with Gasteiger partial charge in [-0.15, -0.1) is 0 Å². The third-order valence-corrected chi connectivity index (χ3v) is 2.53. The number of esters is 1. The first kappa shape index (κ1) is 12.0. The van der Waals surface area contributed by atoms with Crippen LogP contribution in [0.3, 0.4) is 0 Å². The van der Waals surface area contributed by atoms with Gasteiger partial charge in [0.25, 0.3) is 0 Å². The highest BCUT2D eigenvalue weighted by Crippen LogP contribution is 2.19. The average Bonchev–Trinajstić information content (AvgIpc) is 2.17. The second-order valence-corrected chi connectivity index (χ2v) is 3.96. The molecule has 0 bridgehead atoms.